The van der Waals surface area contributed by atoms with Gasteiger partial charge in [0.05, 0.1) is 9.82 Å². The summed E-state index contributed by atoms with van der Waals surface area (Å²) in [5.74, 6) is 0. The second-order valence-electron chi connectivity index (χ2n) is 3.88. The van der Waals surface area contributed by atoms with Crippen molar-refractivity contribution in [3.05, 3.63) is 34.4 Å². The maximum absolute atomic E-state index is 11.8. The molecule has 8 heteroatoms. The fourth-order valence-electron chi connectivity index (χ4n) is 1.36. The Kier molecular flexibility index (Phi) is 2.86. The molecule has 7 nitrogen and oxygen atoms in total. The molecular weight excluding hydrogens is 246 g/mol. The van der Waals surface area contributed by atoms with E-state index < -0.39 is 14.9 Å². The Bertz CT molecular complexity index is 540. The lowest BCUT2D eigenvalue weighted by atomic mass is 10.3. The molecule has 1 aliphatic carbocycles. The molecule has 0 heterocycles. The summed E-state index contributed by atoms with van der Waals surface area (Å²) in [7, 11) is -3.63. The van der Waals surface area contributed by atoms with Crippen molar-refractivity contribution in [2.24, 2.45) is 5.73 Å². The zero-order valence-corrected chi connectivity index (χ0v) is 9.55. The summed E-state index contributed by atoms with van der Waals surface area (Å²) < 4.78 is 26.0. The Morgan fingerprint density at radius 2 is 1.88 bits per heavy atom. The highest BCUT2D eigenvalue weighted by Gasteiger charge is 2.37. The molecule has 1 aromatic rings. The van der Waals surface area contributed by atoms with E-state index in [4.69, 9.17) is 5.73 Å². The summed E-state index contributed by atoms with van der Waals surface area (Å²) in [6.07, 6.45) is 0.617. The van der Waals surface area contributed by atoms with Gasteiger partial charge in [-0.3, -0.25) is 10.1 Å². The predicted molar refractivity (Wildman–Crippen MR) is 59.8 cm³/mol. The summed E-state index contributed by atoms with van der Waals surface area (Å²) in [5, 5.41) is 10.4. The minimum atomic E-state index is -3.63. The summed E-state index contributed by atoms with van der Waals surface area (Å²) in [6, 6.07) is 4.35. The molecule has 0 radical (unpaired) electrons. The zero-order chi connectivity index (χ0) is 12.6. The van der Waals surface area contributed by atoms with Crippen molar-refractivity contribution in [1.29, 1.82) is 0 Å². The van der Waals surface area contributed by atoms with Gasteiger partial charge in [-0.2, -0.15) is 0 Å². The Balaban J connectivity index is 2.18. The number of benzene rings is 1. The topological polar surface area (TPSA) is 115 Å². The Morgan fingerprint density at radius 3 is 2.29 bits per heavy atom. The Hall–Kier alpha value is -1.51. The van der Waals surface area contributed by atoms with Gasteiger partial charge in [-0.25, -0.2) is 13.1 Å². The third-order valence-electron chi connectivity index (χ3n) is 2.50. The monoisotopic (exact) mass is 257 g/mol. The van der Waals surface area contributed by atoms with Crippen molar-refractivity contribution in [2.45, 2.75) is 23.4 Å². The first-order chi connectivity index (χ1) is 7.90. The number of nitro benzene ring substituents is 1. The largest absolute Gasteiger partial charge is 0.326 e. The molecule has 0 saturated heterocycles. The number of nitrogens with one attached hydrogen (secondary N) is 1. The van der Waals surface area contributed by atoms with Gasteiger partial charge in [0.1, 0.15) is 0 Å². The number of non-ortho nitro benzene ring substituents is 1. The van der Waals surface area contributed by atoms with Crippen LogP contribution in [0.2, 0.25) is 0 Å². The second-order valence-corrected chi connectivity index (χ2v) is 5.59. The molecule has 3 N–H and O–H groups in total. The van der Waals surface area contributed by atoms with Gasteiger partial charge in [0, 0.05) is 24.2 Å². The number of sulfonamides is 1. The fraction of sp³-hybridized carbons (Fsp3) is 0.333. The fourth-order valence-corrected chi connectivity index (χ4v) is 2.66. The highest BCUT2D eigenvalue weighted by atomic mass is 32.2. The molecule has 2 unspecified atom stereocenters. The van der Waals surface area contributed by atoms with Crippen LogP contribution < -0.4 is 10.5 Å². The van der Waals surface area contributed by atoms with E-state index in [9.17, 15) is 18.5 Å². The summed E-state index contributed by atoms with van der Waals surface area (Å²) in [4.78, 5) is 9.84. The molecule has 1 aromatic carbocycles. The van der Waals surface area contributed by atoms with Crippen molar-refractivity contribution in [3.63, 3.8) is 0 Å². The van der Waals surface area contributed by atoms with Crippen LogP contribution in [0, 0.1) is 10.1 Å². The molecule has 1 fully saturated rings. The van der Waals surface area contributed by atoms with Crippen molar-refractivity contribution in [3.8, 4) is 0 Å². The van der Waals surface area contributed by atoms with Crippen molar-refractivity contribution < 1.29 is 13.3 Å². The maximum Gasteiger partial charge on any atom is 0.269 e. The number of nitrogens with two attached hydrogens (primary N) is 1. The first kappa shape index (κ1) is 12.0. The second kappa shape index (κ2) is 4.06. The van der Waals surface area contributed by atoms with Crippen LogP contribution in [0.5, 0.6) is 0 Å². The highest BCUT2D eigenvalue weighted by molar-refractivity contribution is 7.89. The van der Waals surface area contributed by atoms with Gasteiger partial charge in [-0.1, -0.05) is 0 Å². The third kappa shape index (κ3) is 2.60. The minimum absolute atomic E-state index is 0.00204. The van der Waals surface area contributed by atoms with Gasteiger partial charge < -0.3 is 5.73 Å². The minimum Gasteiger partial charge on any atom is -0.326 e. The van der Waals surface area contributed by atoms with Crippen LogP contribution in [0.1, 0.15) is 6.42 Å². The van der Waals surface area contributed by atoms with E-state index in [0.29, 0.717) is 6.42 Å². The van der Waals surface area contributed by atoms with E-state index >= 15 is 0 Å². The molecule has 17 heavy (non-hydrogen) atoms. The lowest BCUT2D eigenvalue weighted by molar-refractivity contribution is -0.384. The van der Waals surface area contributed by atoms with Crippen LogP contribution in [0.3, 0.4) is 0 Å². The number of rotatable bonds is 4. The first-order valence-corrected chi connectivity index (χ1v) is 6.41. The Labute approximate surface area is 97.8 Å². The smallest absolute Gasteiger partial charge is 0.269 e. The van der Waals surface area contributed by atoms with E-state index in [0.717, 1.165) is 12.1 Å². The van der Waals surface area contributed by atoms with Crippen LogP contribution in [0.4, 0.5) is 5.69 Å². The number of hydrogen-bond donors (Lipinski definition) is 2. The van der Waals surface area contributed by atoms with Gasteiger partial charge in [-0.15, -0.1) is 0 Å². The third-order valence-corrected chi connectivity index (χ3v) is 4.01. The zero-order valence-electron chi connectivity index (χ0n) is 8.74. The van der Waals surface area contributed by atoms with E-state index in [1.165, 1.54) is 12.1 Å². The molecule has 0 aromatic heterocycles. The summed E-state index contributed by atoms with van der Waals surface area (Å²) >= 11 is 0. The van der Waals surface area contributed by atoms with E-state index in [2.05, 4.69) is 4.72 Å². The maximum atomic E-state index is 11.8. The van der Waals surface area contributed by atoms with Gasteiger partial charge >= 0.3 is 0 Å². The van der Waals surface area contributed by atoms with Crippen molar-refractivity contribution in [2.75, 3.05) is 0 Å². The van der Waals surface area contributed by atoms with Crippen LogP contribution in [0.25, 0.3) is 0 Å². The Morgan fingerprint density at radius 1 is 1.35 bits per heavy atom. The summed E-state index contributed by atoms with van der Waals surface area (Å²) in [6.45, 7) is 0. The van der Waals surface area contributed by atoms with E-state index in [1.54, 1.807) is 0 Å². The highest BCUT2D eigenvalue weighted by Crippen LogP contribution is 2.22. The van der Waals surface area contributed by atoms with Gasteiger partial charge in [0.15, 0.2) is 0 Å². The normalized spacial score (nSPS) is 23.4. The molecule has 0 amide bonds. The number of hydrogen-bond acceptors (Lipinski definition) is 5. The van der Waals surface area contributed by atoms with Crippen molar-refractivity contribution in [1.82, 2.24) is 4.72 Å². The number of nitrogens with zero attached hydrogens (tertiary/aromatic N) is 1. The van der Waals surface area contributed by atoms with E-state index in [-0.39, 0.29) is 22.7 Å². The van der Waals surface area contributed by atoms with Crippen LogP contribution >= 0.6 is 0 Å². The lowest BCUT2D eigenvalue weighted by Gasteiger charge is -2.05. The first-order valence-electron chi connectivity index (χ1n) is 4.92. The standard InChI is InChI=1S/C9H11N3O4S/c10-8-5-9(8)11-17(15,16)7-3-1-6(2-4-7)12(13)14/h1-4,8-9,11H,5,10H2. The van der Waals surface area contributed by atoms with Crippen LogP contribution in [0.15, 0.2) is 29.2 Å². The molecule has 0 spiro atoms. The lowest BCUT2D eigenvalue weighted by Crippen LogP contribution is -2.29. The van der Waals surface area contributed by atoms with Gasteiger partial charge in [0.25, 0.3) is 5.69 Å². The molecule has 1 aliphatic rings. The molecule has 0 bridgehead atoms. The average molecular weight is 257 g/mol. The molecular formula is C9H11N3O4S. The molecule has 1 saturated carbocycles. The van der Waals surface area contributed by atoms with Crippen LogP contribution in [-0.2, 0) is 10.0 Å². The number of nitro groups is 1. The quantitative estimate of drug-likeness (QED) is 0.580. The van der Waals surface area contributed by atoms with Gasteiger partial charge in [0.2, 0.25) is 10.0 Å². The van der Waals surface area contributed by atoms with Crippen LogP contribution in [-0.4, -0.2) is 25.4 Å². The molecule has 2 rings (SSSR count). The average Bonchev–Trinajstić information content (AvgIpc) is 2.93. The summed E-state index contributed by atoms with van der Waals surface area (Å²) in [5.41, 5.74) is 5.35. The molecule has 92 valence electrons. The SMILES string of the molecule is NC1CC1NS(=O)(=O)c1ccc([N+](=O)[O-])cc1. The predicted octanol–water partition coefficient (Wildman–Crippen LogP) is -0.0273. The molecule has 2 atom stereocenters. The van der Waals surface area contributed by atoms with Gasteiger partial charge in [-0.05, 0) is 18.6 Å². The van der Waals surface area contributed by atoms with E-state index in [1.807, 2.05) is 0 Å². The van der Waals surface area contributed by atoms with Crippen molar-refractivity contribution >= 4 is 15.7 Å². The molecule has 0 aliphatic heterocycles.